The molecule has 8 nitrogen and oxygen atoms in total. The zero-order valence-electron chi connectivity index (χ0n) is 19.2. The molecule has 2 aliphatic rings. The molecule has 1 N–H and O–H groups in total. The minimum absolute atomic E-state index is 0.0577. The zero-order valence-corrected chi connectivity index (χ0v) is 20.9. The molecule has 0 spiro atoms. The van der Waals surface area contributed by atoms with Gasteiger partial charge in [-0.15, -0.1) is 11.3 Å². The molecule has 2 aromatic carbocycles. The quantitative estimate of drug-likeness (QED) is 0.515. The number of sulfonamides is 1. The molecular formula is C25H26N2O6S2. The number of methoxy groups -OCH3 is 1. The van der Waals surface area contributed by atoms with Crippen LogP contribution in [0.4, 0.5) is 0 Å². The van der Waals surface area contributed by atoms with E-state index in [1.54, 1.807) is 13.2 Å². The second-order valence-electron chi connectivity index (χ2n) is 8.43. The van der Waals surface area contributed by atoms with Crippen molar-refractivity contribution in [1.82, 2.24) is 9.62 Å². The molecule has 0 radical (unpaired) electrons. The highest BCUT2D eigenvalue weighted by Crippen LogP contribution is 2.35. The Morgan fingerprint density at radius 2 is 1.80 bits per heavy atom. The molecule has 5 rings (SSSR count). The second kappa shape index (κ2) is 9.88. The number of nitrogens with zero attached hydrogens (tertiary/aromatic N) is 1. The third-order valence-corrected chi connectivity index (χ3v) is 9.78. The fourth-order valence-electron chi connectivity index (χ4n) is 4.24. The van der Waals surface area contributed by atoms with Crippen molar-refractivity contribution in [2.45, 2.75) is 23.6 Å². The van der Waals surface area contributed by atoms with Crippen molar-refractivity contribution in [1.29, 1.82) is 0 Å². The molecular weight excluding hydrogens is 488 g/mol. The lowest BCUT2D eigenvalue weighted by molar-refractivity contribution is -0.126. The number of ether oxygens (including phenoxy) is 3. The molecule has 0 bridgehead atoms. The predicted molar refractivity (Wildman–Crippen MR) is 132 cm³/mol. The number of rotatable bonds is 7. The van der Waals surface area contributed by atoms with Gasteiger partial charge in [-0.3, -0.25) is 4.79 Å². The number of thiophene rings is 1. The molecule has 0 saturated carbocycles. The van der Waals surface area contributed by atoms with Gasteiger partial charge in [-0.05, 0) is 72.5 Å². The summed E-state index contributed by atoms with van der Waals surface area (Å²) in [6.45, 7) is 1.23. The topological polar surface area (TPSA) is 94.2 Å². The number of carbonyl (C=O) groups excluding carboxylic acids is 1. The van der Waals surface area contributed by atoms with Gasteiger partial charge in [-0.2, -0.15) is 4.31 Å². The Bertz CT molecular complexity index is 1310. The van der Waals surface area contributed by atoms with Gasteiger partial charge in [0.05, 0.1) is 7.11 Å². The van der Waals surface area contributed by atoms with Crippen LogP contribution >= 0.6 is 11.3 Å². The average molecular weight is 515 g/mol. The fourth-order valence-corrected chi connectivity index (χ4v) is 7.17. The van der Waals surface area contributed by atoms with E-state index in [1.165, 1.54) is 15.6 Å². The number of carbonyl (C=O) groups is 1. The first-order valence-corrected chi connectivity index (χ1v) is 13.6. The third-order valence-electron chi connectivity index (χ3n) is 6.28. The monoisotopic (exact) mass is 514 g/mol. The summed E-state index contributed by atoms with van der Waals surface area (Å²) in [6, 6.07) is 16.6. The number of benzene rings is 2. The van der Waals surface area contributed by atoms with Gasteiger partial charge in [-0.1, -0.05) is 6.07 Å². The molecule has 1 aromatic heterocycles. The first kappa shape index (κ1) is 23.7. The summed E-state index contributed by atoms with van der Waals surface area (Å²) in [5.41, 5.74) is 1.86. The molecule has 2 aliphatic heterocycles. The van der Waals surface area contributed by atoms with Gasteiger partial charge in [0.2, 0.25) is 12.7 Å². The van der Waals surface area contributed by atoms with Crippen LogP contribution in [-0.4, -0.2) is 45.6 Å². The largest absolute Gasteiger partial charge is 0.497 e. The predicted octanol–water partition coefficient (Wildman–Crippen LogP) is 3.87. The van der Waals surface area contributed by atoms with Crippen molar-refractivity contribution in [2.75, 3.05) is 27.0 Å². The Hall–Kier alpha value is -3.08. The lowest BCUT2D eigenvalue weighted by Gasteiger charge is -2.30. The van der Waals surface area contributed by atoms with Crippen LogP contribution in [0.1, 0.15) is 18.4 Å². The van der Waals surface area contributed by atoms with Crippen molar-refractivity contribution >= 4 is 27.3 Å². The molecule has 0 atom stereocenters. The van der Waals surface area contributed by atoms with E-state index in [2.05, 4.69) is 5.32 Å². The van der Waals surface area contributed by atoms with Gasteiger partial charge in [0.1, 0.15) is 9.96 Å². The first-order chi connectivity index (χ1) is 16.9. The number of fused-ring (bicyclic) bond motifs is 1. The third kappa shape index (κ3) is 5.00. The van der Waals surface area contributed by atoms with Crippen LogP contribution in [0.15, 0.2) is 58.8 Å². The van der Waals surface area contributed by atoms with E-state index < -0.39 is 10.0 Å². The van der Waals surface area contributed by atoms with Crippen LogP contribution in [0.25, 0.3) is 10.4 Å². The Morgan fingerprint density at radius 3 is 2.54 bits per heavy atom. The molecule has 1 saturated heterocycles. The average Bonchev–Trinajstić information content (AvgIpc) is 3.57. The summed E-state index contributed by atoms with van der Waals surface area (Å²) < 4.78 is 44.1. The van der Waals surface area contributed by atoms with E-state index in [-0.39, 0.29) is 18.6 Å². The van der Waals surface area contributed by atoms with Crippen LogP contribution in [0.3, 0.4) is 0 Å². The minimum atomic E-state index is -3.60. The van der Waals surface area contributed by atoms with E-state index >= 15 is 0 Å². The lowest BCUT2D eigenvalue weighted by atomic mass is 9.97. The molecule has 35 heavy (non-hydrogen) atoms. The van der Waals surface area contributed by atoms with Crippen molar-refractivity contribution < 1.29 is 27.4 Å². The Morgan fingerprint density at radius 1 is 1.06 bits per heavy atom. The summed E-state index contributed by atoms with van der Waals surface area (Å²) in [4.78, 5) is 13.6. The molecule has 184 valence electrons. The maximum atomic E-state index is 13.2. The molecule has 3 aromatic rings. The molecule has 1 amide bonds. The number of nitrogens with one attached hydrogen (secondary N) is 1. The number of hydrogen-bond donors (Lipinski definition) is 1. The van der Waals surface area contributed by atoms with Gasteiger partial charge in [0, 0.05) is 30.4 Å². The summed E-state index contributed by atoms with van der Waals surface area (Å²) in [5, 5.41) is 2.96. The SMILES string of the molecule is COc1ccc(-c2ccc(S(=O)(=O)N3CCC(C(=O)NCc4ccc5c(c4)OCO5)CC3)s2)cc1. The molecule has 0 aliphatic carbocycles. The minimum Gasteiger partial charge on any atom is -0.497 e. The highest BCUT2D eigenvalue weighted by atomic mass is 32.2. The van der Waals surface area contributed by atoms with Gasteiger partial charge < -0.3 is 19.5 Å². The van der Waals surface area contributed by atoms with E-state index in [9.17, 15) is 13.2 Å². The maximum Gasteiger partial charge on any atom is 0.252 e. The van der Waals surface area contributed by atoms with Crippen molar-refractivity contribution in [3.63, 3.8) is 0 Å². The summed E-state index contributed by atoms with van der Waals surface area (Å²) >= 11 is 1.25. The second-order valence-corrected chi connectivity index (χ2v) is 11.7. The number of piperidine rings is 1. The van der Waals surface area contributed by atoms with Crippen LogP contribution in [0.5, 0.6) is 17.2 Å². The van der Waals surface area contributed by atoms with Crippen molar-refractivity contribution in [3.05, 3.63) is 60.2 Å². The Kier molecular flexibility index (Phi) is 6.68. The highest BCUT2D eigenvalue weighted by Gasteiger charge is 2.33. The number of hydrogen-bond acceptors (Lipinski definition) is 7. The van der Waals surface area contributed by atoms with Crippen LogP contribution in [0.2, 0.25) is 0 Å². The molecule has 0 unspecified atom stereocenters. The van der Waals surface area contributed by atoms with E-state index in [0.29, 0.717) is 48.2 Å². The van der Waals surface area contributed by atoms with E-state index in [1.807, 2.05) is 48.5 Å². The van der Waals surface area contributed by atoms with E-state index in [0.717, 1.165) is 21.8 Å². The number of amides is 1. The maximum absolute atomic E-state index is 13.2. The summed E-state index contributed by atoms with van der Waals surface area (Å²) in [7, 11) is -1.99. The molecule has 10 heteroatoms. The Balaban J connectivity index is 1.16. The van der Waals surface area contributed by atoms with E-state index in [4.69, 9.17) is 14.2 Å². The normalized spacial score (nSPS) is 16.3. The smallest absolute Gasteiger partial charge is 0.252 e. The van der Waals surface area contributed by atoms with Crippen molar-refractivity contribution in [3.8, 4) is 27.7 Å². The zero-order chi connectivity index (χ0) is 24.4. The molecule has 1 fully saturated rings. The van der Waals surface area contributed by atoms with Crippen molar-refractivity contribution in [2.24, 2.45) is 5.92 Å². The fraction of sp³-hybridized carbons (Fsp3) is 0.320. The van der Waals surface area contributed by atoms with Crippen LogP contribution in [0, 0.1) is 5.92 Å². The van der Waals surface area contributed by atoms with Gasteiger partial charge >= 0.3 is 0 Å². The van der Waals surface area contributed by atoms with Gasteiger partial charge in [0.15, 0.2) is 11.5 Å². The summed E-state index contributed by atoms with van der Waals surface area (Å²) in [5.74, 6) is 1.86. The Labute approximate surface area is 208 Å². The van der Waals surface area contributed by atoms with Gasteiger partial charge in [-0.25, -0.2) is 8.42 Å². The van der Waals surface area contributed by atoms with Gasteiger partial charge in [0.25, 0.3) is 10.0 Å². The standard InChI is InChI=1S/C25H26N2O6S2/c1-31-20-5-3-18(4-6-20)23-8-9-24(34-23)35(29,30)27-12-10-19(11-13-27)25(28)26-15-17-2-7-21-22(14-17)33-16-32-21/h2-9,14,19H,10-13,15-16H2,1H3,(H,26,28). The lowest BCUT2D eigenvalue weighted by Crippen LogP contribution is -2.42. The van der Waals surface area contributed by atoms with Crippen LogP contribution < -0.4 is 19.5 Å². The summed E-state index contributed by atoms with van der Waals surface area (Å²) in [6.07, 6.45) is 0.978. The highest BCUT2D eigenvalue weighted by molar-refractivity contribution is 7.91. The van der Waals surface area contributed by atoms with Crippen LogP contribution in [-0.2, 0) is 21.4 Å². The first-order valence-electron chi connectivity index (χ1n) is 11.3. The molecule has 3 heterocycles.